The summed E-state index contributed by atoms with van der Waals surface area (Å²) in [6.07, 6.45) is 2.35. The first-order valence-electron chi connectivity index (χ1n) is 4.40. The Labute approximate surface area is 82.1 Å². The van der Waals surface area contributed by atoms with Crippen molar-refractivity contribution >= 4 is 0 Å². The van der Waals surface area contributed by atoms with Crippen LogP contribution in [0.1, 0.15) is 5.56 Å². The zero-order valence-electron chi connectivity index (χ0n) is 7.68. The smallest absolute Gasteiger partial charge is 0.126 e. The molecule has 1 aromatic carbocycles. The van der Waals surface area contributed by atoms with Gasteiger partial charge in [0.05, 0.1) is 5.82 Å². The van der Waals surface area contributed by atoms with Crippen LogP contribution >= 0.6 is 0 Å². The summed E-state index contributed by atoms with van der Waals surface area (Å²) >= 11 is 0. The van der Waals surface area contributed by atoms with Gasteiger partial charge in [0.15, 0.2) is 0 Å². The molecule has 0 atom stereocenters. The number of allylic oxidation sites excluding steroid dienone is 1. The maximum atomic E-state index is 13.2. The molecule has 0 aromatic heterocycles. The van der Waals surface area contributed by atoms with E-state index in [2.05, 4.69) is 17.2 Å². The highest BCUT2D eigenvalue weighted by Gasteiger charge is 2.08. The molecule has 2 nitrogen and oxygen atoms in total. The molecule has 0 unspecified atom stereocenters. The Bertz CT molecular complexity index is 396. The number of benzene rings is 1. The van der Waals surface area contributed by atoms with Crippen LogP contribution < -0.4 is 10.6 Å². The van der Waals surface area contributed by atoms with Crippen molar-refractivity contribution < 1.29 is 4.39 Å². The molecule has 0 radical (unpaired) electrons. The minimum atomic E-state index is -0.173. The van der Waals surface area contributed by atoms with Gasteiger partial charge in [-0.05, 0) is 11.6 Å². The third-order valence-corrected chi connectivity index (χ3v) is 2.07. The number of hydrogen-bond donors (Lipinski definition) is 2. The summed E-state index contributed by atoms with van der Waals surface area (Å²) in [5.74, 6) is 0.559. The van der Waals surface area contributed by atoms with Crippen LogP contribution in [0.15, 0.2) is 48.6 Å². The summed E-state index contributed by atoms with van der Waals surface area (Å²) in [6, 6.07) is 6.76. The van der Waals surface area contributed by atoms with Crippen molar-refractivity contribution in [3.63, 3.8) is 0 Å². The van der Waals surface area contributed by atoms with E-state index in [9.17, 15) is 4.39 Å². The second-order valence-corrected chi connectivity index (χ2v) is 3.19. The molecule has 1 aromatic rings. The first-order valence-corrected chi connectivity index (χ1v) is 4.40. The molecule has 1 aliphatic heterocycles. The van der Waals surface area contributed by atoms with Crippen LogP contribution in [-0.4, -0.2) is 0 Å². The molecular weight excluding hydrogens is 179 g/mol. The minimum absolute atomic E-state index is 0.173. The van der Waals surface area contributed by atoms with Crippen molar-refractivity contribution in [2.24, 2.45) is 0 Å². The summed E-state index contributed by atoms with van der Waals surface area (Å²) in [7, 11) is 0. The second kappa shape index (κ2) is 3.54. The summed E-state index contributed by atoms with van der Waals surface area (Å²) in [4.78, 5) is 0. The van der Waals surface area contributed by atoms with E-state index in [0.29, 0.717) is 12.0 Å². The molecule has 0 spiro atoms. The fourth-order valence-electron chi connectivity index (χ4n) is 1.38. The number of hydrogen-bond acceptors (Lipinski definition) is 2. The maximum absolute atomic E-state index is 13.2. The van der Waals surface area contributed by atoms with Gasteiger partial charge >= 0.3 is 0 Å². The van der Waals surface area contributed by atoms with Crippen molar-refractivity contribution in [3.05, 3.63) is 59.9 Å². The van der Waals surface area contributed by atoms with Gasteiger partial charge in [0, 0.05) is 18.3 Å². The van der Waals surface area contributed by atoms with E-state index in [0.717, 1.165) is 11.5 Å². The van der Waals surface area contributed by atoms with Gasteiger partial charge in [-0.25, -0.2) is 4.39 Å². The standard InChI is InChI=1S/C11H11FN2/c1-8-13-7-10(14-8)6-9-4-2-3-5-11(9)12/h2-5,7,13-14H,1,6H2. The Kier molecular flexibility index (Phi) is 2.23. The lowest BCUT2D eigenvalue weighted by atomic mass is 10.1. The molecule has 0 aliphatic carbocycles. The molecule has 0 fully saturated rings. The van der Waals surface area contributed by atoms with Crippen LogP contribution in [0.25, 0.3) is 0 Å². The van der Waals surface area contributed by atoms with Gasteiger partial charge in [0.25, 0.3) is 0 Å². The molecule has 1 heterocycles. The van der Waals surface area contributed by atoms with Gasteiger partial charge in [-0.15, -0.1) is 0 Å². The first-order chi connectivity index (χ1) is 6.75. The van der Waals surface area contributed by atoms with Crippen molar-refractivity contribution in [2.45, 2.75) is 6.42 Å². The van der Waals surface area contributed by atoms with Gasteiger partial charge in [0.1, 0.15) is 5.82 Å². The Morgan fingerprint density at radius 1 is 1.29 bits per heavy atom. The minimum Gasteiger partial charge on any atom is -0.347 e. The van der Waals surface area contributed by atoms with Crippen LogP contribution in [0.3, 0.4) is 0 Å². The molecule has 3 heteroatoms. The number of halogens is 1. The molecule has 2 N–H and O–H groups in total. The van der Waals surface area contributed by atoms with Crippen molar-refractivity contribution in [2.75, 3.05) is 0 Å². The van der Waals surface area contributed by atoms with Crippen LogP contribution in [0.5, 0.6) is 0 Å². The molecule has 1 aliphatic rings. The van der Waals surface area contributed by atoms with E-state index in [1.165, 1.54) is 6.07 Å². The number of nitrogens with one attached hydrogen (secondary N) is 2. The van der Waals surface area contributed by atoms with E-state index in [1.807, 2.05) is 6.07 Å². The average Bonchev–Trinajstić information content (AvgIpc) is 2.56. The highest BCUT2D eigenvalue weighted by Crippen LogP contribution is 2.12. The van der Waals surface area contributed by atoms with E-state index < -0.39 is 0 Å². The Hall–Kier alpha value is -1.77. The summed E-state index contributed by atoms with van der Waals surface area (Å²) < 4.78 is 13.2. The Morgan fingerprint density at radius 2 is 2.07 bits per heavy atom. The monoisotopic (exact) mass is 190 g/mol. The fraction of sp³-hybridized carbons (Fsp3) is 0.0909. The number of rotatable bonds is 2. The molecular formula is C11H11FN2. The predicted octanol–water partition coefficient (Wildman–Crippen LogP) is 1.87. The first kappa shape index (κ1) is 8.81. The normalized spacial score (nSPS) is 14.6. The molecule has 0 saturated carbocycles. The van der Waals surface area contributed by atoms with Gasteiger partial charge in [-0.1, -0.05) is 24.8 Å². The van der Waals surface area contributed by atoms with Crippen molar-refractivity contribution in [1.29, 1.82) is 0 Å². The third kappa shape index (κ3) is 1.76. The lowest BCUT2D eigenvalue weighted by Crippen LogP contribution is -2.11. The Morgan fingerprint density at radius 3 is 2.71 bits per heavy atom. The highest BCUT2D eigenvalue weighted by molar-refractivity contribution is 5.26. The molecule has 0 saturated heterocycles. The van der Waals surface area contributed by atoms with Gasteiger partial charge in [0.2, 0.25) is 0 Å². The summed E-state index contributed by atoms with van der Waals surface area (Å²) in [5, 5.41) is 5.94. The van der Waals surface area contributed by atoms with Gasteiger partial charge in [-0.2, -0.15) is 0 Å². The topological polar surface area (TPSA) is 24.1 Å². The lowest BCUT2D eigenvalue weighted by Gasteiger charge is -2.04. The predicted molar refractivity (Wildman–Crippen MR) is 53.6 cm³/mol. The Balaban J connectivity index is 2.12. The van der Waals surface area contributed by atoms with Crippen molar-refractivity contribution in [3.8, 4) is 0 Å². The average molecular weight is 190 g/mol. The second-order valence-electron chi connectivity index (χ2n) is 3.19. The molecule has 0 amide bonds. The van der Waals surface area contributed by atoms with E-state index in [-0.39, 0.29) is 5.82 Å². The van der Waals surface area contributed by atoms with Crippen LogP contribution in [-0.2, 0) is 6.42 Å². The largest absolute Gasteiger partial charge is 0.347 e. The fourth-order valence-corrected chi connectivity index (χ4v) is 1.38. The molecule has 14 heavy (non-hydrogen) atoms. The third-order valence-electron chi connectivity index (χ3n) is 2.07. The highest BCUT2D eigenvalue weighted by atomic mass is 19.1. The quantitative estimate of drug-likeness (QED) is 0.744. The molecule has 0 bridgehead atoms. The molecule has 2 rings (SSSR count). The lowest BCUT2D eigenvalue weighted by molar-refractivity contribution is 0.612. The van der Waals surface area contributed by atoms with Crippen LogP contribution in [0.2, 0.25) is 0 Å². The zero-order chi connectivity index (χ0) is 9.97. The van der Waals surface area contributed by atoms with E-state index in [4.69, 9.17) is 0 Å². The van der Waals surface area contributed by atoms with Crippen LogP contribution in [0.4, 0.5) is 4.39 Å². The maximum Gasteiger partial charge on any atom is 0.126 e. The van der Waals surface area contributed by atoms with Crippen molar-refractivity contribution in [1.82, 2.24) is 10.6 Å². The molecule has 72 valence electrons. The summed E-state index contributed by atoms with van der Waals surface area (Å²) in [5.41, 5.74) is 1.61. The van der Waals surface area contributed by atoms with E-state index in [1.54, 1.807) is 18.3 Å². The SMILES string of the molecule is C=C1NC=C(Cc2ccccc2F)N1. The van der Waals surface area contributed by atoms with Gasteiger partial charge < -0.3 is 10.6 Å². The van der Waals surface area contributed by atoms with Crippen LogP contribution in [0, 0.1) is 5.82 Å². The summed E-state index contributed by atoms with van der Waals surface area (Å²) in [6.45, 7) is 3.70. The van der Waals surface area contributed by atoms with Gasteiger partial charge in [-0.3, -0.25) is 0 Å². The zero-order valence-corrected chi connectivity index (χ0v) is 7.68. The van der Waals surface area contributed by atoms with E-state index >= 15 is 0 Å².